The molecule has 0 amide bonds. The predicted molar refractivity (Wildman–Crippen MR) is 306 cm³/mol. The van der Waals surface area contributed by atoms with Crippen molar-refractivity contribution in [1.29, 1.82) is 0 Å². The van der Waals surface area contributed by atoms with E-state index in [-0.39, 0.29) is 37.5 Å². The Hall–Kier alpha value is -4.19. The fraction of sp³-hybridized carbons (Fsp3) is 0.646. The molecule has 0 radical (unpaired) electrons. The van der Waals surface area contributed by atoms with Crippen molar-refractivity contribution in [3.63, 3.8) is 0 Å². The number of carbonyl (C=O) groups excluding carboxylic acids is 3. The number of hydrogen-bond donors (Lipinski definition) is 0. The molecule has 0 rings (SSSR count). The van der Waals surface area contributed by atoms with Gasteiger partial charge in [0, 0.05) is 19.3 Å². The molecule has 6 heteroatoms. The smallest absolute Gasteiger partial charge is 0.306 e. The summed E-state index contributed by atoms with van der Waals surface area (Å²) in [5, 5.41) is 0. The first-order valence-electron chi connectivity index (χ1n) is 29.0. The van der Waals surface area contributed by atoms with Crippen LogP contribution in [0.3, 0.4) is 0 Å². The molecule has 0 aromatic carbocycles. The molecule has 0 aliphatic rings. The maximum Gasteiger partial charge on any atom is 0.306 e. The highest BCUT2D eigenvalue weighted by Crippen LogP contribution is 2.15. The maximum absolute atomic E-state index is 12.8. The van der Waals surface area contributed by atoms with Crippen molar-refractivity contribution in [1.82, 2.24) is 0 Å². The molecule has 0 aliphatic carbocycles. The Morgan fingerprint density at radius 2 is 0.563 bits per heavy atom. The van der Waals surface area contributed by atoms with Crippen molar-refractivity contribution in [2.45, 2.75) is 258 Å². The van der Waals surface area contributed by atoms with E-state index in [4.69, 9.17) is 14.2 Å². The van der Waals surface area contributed by atoms with E-state index < -0.39 is 6.10 Å². The van der Waals surface area contributed by atoms with E-state index >= 15 is 0 Å². The monoisotopic (exact) mass is 983 g/mol. The van der Waals surface area contributed by atoms with Crippen molar-refractivity contribution in [2.24, 2.45) is 0 Å². The lowest BCUT2D eigenvalue weighted by molar-refractivity contribution is -0.167. The maximum atomic E-state index is 12.8. The van der Waals surface area contributed by atoms with Gasteiger partial charge in [-0.05, 0) is 103 Å². The topological polar surface area (TPSA) is 78.9 Å². The van der Waals surface area contributed by atoms with Crippen molar-refractivity contribution in [2.75, 3.05) is 13.2 Å². The van der Waals surface area contributed by atoms with Crippen LogP contribution in [-0.4, -0.2) is 37.2 Å². The van der Waals surface area contributed by atoms with Crippen LogP contribution in [0.4, 0.5) is 0 Å². The first kappa shape index (κ1) is 66.8. The molecule has 0 spiro atoms. The first-order chi connectivity index (χ1) is 35.0. The molecule has 1 unspecified atom stereocenters. The van der Waals surface area contributed by atoms with Gasteiger partial charge in [-0.1, -0.05) is 251 Å². The molecule has 0 N–H and O–H groups in total. The van der Waals surface area contributed by atoms with Gasteiger partial charge in [-0.25, -0.2) is 0 Å². The van der Waals surface area contributed by atoms with Crippen LogP contribution in [0, 0.1) is 0 Å². The molecule has 0 fully saturated rings. The number of allylic oxidation sites excluding steroid dienone is 20. The van der Waals surface area contributed by atoms with Gasteiger partial charge in [0.15, 0.2) is 6.10 Å². The van der Waals surface area contributed by atoms with Gasteiger partial charge in [0.1, 0.15) is 13.2 Å². The number of unbranched alkanes of at least 4 members (excludes halogenated alkanes) is 20. The summed E-state index contributed by atoms with van der Waals surface area (Å²) in [7, 11) is 0. The Balaban J connectivity index is 4.51. The van der Waals surface area contributed by atoms with Gasteiger partial charge in [0.25, 0.3) is 0 Å². The molecular weight excluding hydrogens is 877 g/mol. The standard InChI is InChI=1S/C65H106O6/c1-4-7-10-13-16-19-22-25-28-30-31-32-33-35-37-40-43-46-49-52-55-58-64(67)70-61-62(60-69-63(66)57-54-51-48-45-42-39-36-27-24-21-18-15-12-9-6-3)71-65(68)59-56-53-50-47-44-41-38-34-29-26-23-20-17-14-11-8-5-2/h7-8,10-11,16-17,19-20,25-26,28-29,31-32,35,37-38,41,47,50,62H,4-6,9,12-15,18,21-24,27,30,33-34,36,39-40,42-46,48-49,51-61H2,1-3H3/b10-7-,11-8-,19-16-,20-17-,28-25-,29-26-,32-31-,37-35-,41-38-,50-47-. The van der Waals surface area contributed by atoms with E-state index in [0.717, 1.165) is 128 Å². The van der Waals surface area contributed by atoms with Crippen LogP contribution in [0.2, 0.25) is 0 Å². The largest absolute Gasteiger partial charge is 0.462 e. The molecule has 71 heavy (non-hydrogen) atoms. The molecule has 402 valence electrons. The van der Waals surface area contributed by atoms with E-state index in [1.807, 2.05) is 0 Å². The van der Waals surface area contributed by atoms with Gasteiger partial charge < -0.3 is 14.2 Å². The first-order valence-corrected chi connectivity index (χ1v) is 29.0. The van der Waals surface area contributed by atoms with Gasteiger partial charge in [0.05, 0.1) is 0 Å². The zero-order chi connectivity index (χ0) is 51.4. The van der Waals surface area contributed by atoms with Gasteiger partial charge >= 0.3 is 17.9 Å². The van der Waals surface area contributed by atoms with Crippen LogP contribution >= 0.6 is 0 Å². The fourth-order valence-corrected chi connectivity index (χ4v) is 7.68. The van der Waals surface area contributed by atoms with Crippen molar-refractivity contribution >= 4 is 17.9 Å². The van der Waals surface area contributed by atoms with Gasteiger partial charge in [-0.15, -0.1) is 0 Å². The minimum absolute atomic E-state index is 0.108. The van der Waals surface area contributed by atoms with Crippen LogP contribution in [0.5, 0.6) is 0 Å². The minimum Gasteiger partial charge on any atom is -0.462 e. The predicted octanol–water partition coefficient (Wildman–Crippen LogP) is 19.6. The third-order valence-electron chi connectivity index (χ3n) is 12.0. The molecule has 0 aromatic rings. The molecule has 6 nitrogen and oxygen atoms in total. The van der Waals surface area contributed by atoms with Crippen LogP contribution in [0.1, 0.15) is 252 Å². The number of carbonyl (C=O) groups is 3. The highest BCUT2D eigenvalue weighted by molar-refractivity contribution is 5.71. The van der Waals surface area contributed by atoms with Crippen LogP contribution in [0.15, 0.2) is 122 Å². The Morgan fingerprint density at radius 1 is 0.296 bits per heavy atom. The molecular formula is C65H106O6. The van der Waals surface area contributed by atoms with Crippen molar-refractivity contribution in [3.05, 3.63) is 122 Å². The van der Waals surface area contributed by atoms with Crippen molar-refractivity contribution < 1.29 is 28.6 Å². The lowest BCUT2D eigenvalue weighted by Gasteiger charge is -2.18. The Labute approximate surface area is 437 Å². The minimum atomic E-state index is -0.818. The highest BCUT2D eigenvalue weighted by Gasteiger charge is 2.19. The SMILES string of the molecule is CC/C=C\C/C=C\C/C=C\C/C=C\C/C=C\CCCCCCCC(=O)OCC(COC(=O)CCCCCCCCCCCCCCCCC)OC(=O)CCC/C=C\C/C=C\C/C=C\C/C=C\C/C=C\CC. The summed E-state index contributed by atoms with van der Waals surface area (Å²) in [5.41, 5.74) is 0. The summed E-state index contributed by atoms with van der Waals surface area (Å²) >= 11 is 0. The van der Waals surface area contributed by atoms with Crippen LogP contribution < -0.4 is 0 Å². The number of esters is 3. The number of rotatable bonds is 51. The van der Waals surface area contributed by atoms with E-state index in [2.05, 4.69) is 142 Å². The zero-order valence-electron chi connectivity index (χ0n) is 45.9. The zero-order valence-corrected chi connectivity index (χ0v) is 45.9. The summed E-state index contributed by atoms with van der Waals surface area (Å²) in [6, 6.07) is 0. The molecule has 0 aliphatic heterocycles. The van der Waals surface area contributed by atoms with E-state index in [0.29, 0.717) is 19.3 Å². The molecule has 0 saturated carbocycles. The van der Waals surface area contributed by atoms with Crippen molar-refractivity contribution in [3.8, 4) is 0 Å². The summed E-state index contributed by atoms with van der Waals surface area (Å²) < 4.78 is 16.8. The average Bonchev–Trinajstić information content (AvgIpc) is 3.37. The van der Waals surface area contributed by atoms with Gasteiger partial charge in [0.2, 0.25) is 0 Å². The summed E-state index contributed by atoms with van der Waals surface area (Å²) in [6.07, 6.45) is 80.5. The van der Waals surface area contributed by atoms with Crippen LogP contribution in [-0.2, 0) is 28.6 Å². The quantitative estimate of drug-likeness (QED) is 0.0261. The molecule has 0 heterocycles. The fourth-order valence-electron chi connectivity index (χ4n) is 7.68. The molecule has 1 atom stereocenters. The number of hydrogen-bond acceptors (Lipinski definition) is 6. The molecule has 0 saturated heterocycles. The Bertz CT molecular complexity index is 1500. The third kappa shape index (κ3) is 56.6. The second-order valence-corrected chi connectivity index (χ2v) is 18.8. The summed E-state index contributed by atoms with van der Waals surface area (Å²) in [5.74, 6) is -0.986. The lowest BCUT2D eigenvalue weighted by atomic mass is 10.0. The van der Waals surface area contributed by atoms with Gasteiger partial charge in [-0.2, -0.15) is 0 Å². The Kier molecular flexibility index (Phi) is 54.9. The van der Waals surface area contributed by atoms with E-state index in [9.17, 15) is 14.4 Å². The average molecular weight is 984 g/mol. The summed E-state index contributed by atoms with van der Waals surface area (Å²) in [6.45, 7) is 6.35. The highest BCUT2D eigenvalue weighted by atomic mass is 16.6. The van der Waals surface area contributed by atoms with Gasteiger partial charge in [-0.3, -0.25) is 14.4 Å². The summed E-state index contributed by atoms with van der Waals surface area (Å²) in [4.78, 5) is 38.2. The normalized spacial score (nSPS) is 13.0. The number of ether oxygens (including phenoxy) is 3. The second kappa shape index (κ2) is 58.4. The van der Waals surface area contributed by atoms with Crippen LogP contribution in [0.25, 0.3) is 0 Å². The molecule has 0 aromatic heterocycles. The Morgan fingerprint density at radius 3 is 0.901 bits per heavy atom. The second-order valence-electron chi connectivity index (χ2n) is 18.8. The third-order valence-corrected chi connectivity index (χ3v) is 12.0. The van der Waals surface area contributed by atoms with E-state index in [1.165, 1.54) is 77.0 Å². The van der Waals surface area contributed by atoms with E-state index in [1.54, 1.807) is 0 Å². The molecule has 0 bridgehead atoms. The lowest BCUT2D eigenvalue weighted by Crippen LogP contribution is -2.30.